The van der Waals surface area contributed by atoms with Crippen molar-refractivity contribution in [2.45, 2.75) is 39.3 Å². The van der Waals surface area contributed by atoms with Gasteiger partial charge in [0.15, 0.2) is 5.78 Å². The largest absolute Gasteiger partial charge is 0.444 e. The second-order valence-corrected chi connectivity index (χ2v) is 5.16. The van der Waals surface area contributed by atoms with E-state index < -0.39 is 17.7 Å². The summed E-state index contributed by atoms with van der Waals surface area (Å²) in [6, 6.07) is -0.470. The Bertz CT molecular complexity index is 354. The van der Waals surface area contributed by atoms with E-state index in [2.05, 4.69) is 0 Å². The van der Waals surface area contributed by atoms with E-state index in [1.807, 2.05) is 0 Å². The summed E-state index contributed by atoms with van der Waals surface area (Å²) in [5.41, 5.74) is 0.0597. The molecular formula is C12H19NO4. The Labute approximate surface area is 101 Å². The minimum atomic E-state index is -0.616. The van der Waals surface area contributed by atoms with Crippen LogP contribution in [0.3, 0.4) is 0 Å². The molecule has 0 spiro atoms. The fourth-order valence-corrected chi connectivity index (χ4v) is 1.67. The summed E-state index contributed by atoms with van der Waals surface area (Å²) >= 11 is 0. The summed E-state index contributed by atoms with van der Waals surface area (Å²) in [5, 5.41) is 9.26. The first kappa shape index (κ1) is 13.7. The van der Waals surface area contributed by atoms with Gasteiger partial charge in [0.1, 0.15) is 5.60 Å². The first-order valence-electron chi connectivity index (χ1n) is 5.56. The van der Waals surface area contributed by atoms with Gasteiger partial charge in [-0.2, -0.15) is 0 Å². The van der Waals surface area contributed by atoms with Gasteiger partial charge in [-0.15, -0.1) is 0 Å². The van der Waals surface area contributed by atoms with E-state index in [9.17, 15) is 14.7 Å². The molecule has 17 heavy (non-hydrogen) atoms. The smallest absolute Gasteiger partial charge is 0.411 e. The molecule has 0 radical (unpaired) electrons. The van der Waals surface area contributed by atoms with Gasteiger partial charge >= 0.3 is 6.09 Å². The molecule has 0 aliphatic carbocycles. The van der Waals surface area contributed by atoms with E-state index in [4.69, 9.17) is 4.74 Å². The Balaban J connectivity index is 2.85. The van der Waals surface area contributed by atoms with Crippen LogP contribution in [0, 0.1) is 0 Å². The summed E-state index contributed by atoms with van der Waals surface area (Å²) in [4.78, 5) is 24.6. The van der Waals surface area contributed by atoms with Gasteiger partial charge in [0, 0.05) is 0 Å². The first-order chi connectivity index (χ1) is 7.74. The zero-order valence-electron chi connectivity index (χ0n) is 10.7. The Morgan fingerprint density at radius 1 is 1.59 bits per heavy atom. The Hall–Kier alpha value is -1.36. The van der Waals surface area contributed by atoms with Crippen LogP contribution in [0.15, 0.2) is 11.6 Å². The normalized spacial score (nSPS) is 21.2. The van der Waals surface area contributed by atoms with E-state index >= 15 is 0 Å². The van der Waals surface area contributed by atoms with Crippen molar-refractivity contribution in [3.05, 3.63) is 11.6 Å². The van der Waals surface area contributed by atoms with E-state index in [0.29, 0.717) is 5.57 Å². The van der Waals surface area contributed by atoms with Crippen LogP contribution in [0.1, 0.15) is 27.7 Å². The minimum absolute atomic E-state index is 0.0442. The highest BCUT2D eigenvalue weighted by molar-refractivity contribution is 5.95. The molecule has 0 aromatic rings. The van der Waals surface area contributed by atoms with Crippen LogP contribution in [-0.4, -0.2) is 46.7 Å². The third-order valence-corrected chi connectivity index (χ3v) is 2.42. The lowest BCUT2D eigenvalue weighted by Crippen LogP contribution is -2.50. The molecule has 0 saturated carbocycles. The molecule has 0 aromatic carbocycles. The summed E-state index contributed by atoms with van der Waals surface area (Å²) in [6.07, 6.45) is 0.888. The molecule has 5 nitrogen and oxygen atoms in total. The average Bonchev–Trinajstić information content (AvgIpc) is 2.13. The number of aliphatic hydroxyl groups excluding tert-OH is 1. The quantitative estimate of drug-likeness (QED) is 0.747. The van der Waals surface area contributed by atoms with Crippen LogP contribution in [0.2, 0.25) is 0 Å². The third kappa shape index (κ3) is 3.56. The number of rotatable bonds is 1. The molecule has 0 fully saturated rings. The maximum atomic E-state index is 11.9. The van der Waals surface area contributed by atoms with Gasteiger partial charge in [0.25, 0.3) is 0 Å². The molecule has 96 valence electrons. The van der Waals surface area contributed by atoms with E-state index in [-0.39, 0.29) is 18.9 Å². The fraction of sp³-hybridized carbons (Fsp3) is 0.667. The number of nitrogens with zero attached hydrogens (tertiary/aromatic N) is 1. The van der Waals surface area contributed by atoms with Gasteiger partial charge in [-0.25, -0.2) is 4.79 Å². The molecule has 0 unspecified atom stereocenters. The Morgan fingerprint density at radius 3 is 2.65 bits per heavy atom. The number of aliphatic hydroxyl groups is 1. The highest BCUT2D eigenvalue weighted by Crippen LogP contribution is 2.19. The molecule has 1 atom stereocenters. The maximum absolute atomic E-state index is 11.9. The molecule has 1 N–H and O–H groups in total. The number of carbonyl (C=O) groups excluding carboxylic acids is 2. The van der Waals surface area contributed by atoms with Crippen molar-refractivity contribution in [3.63, 3.8) is 0 Å². The van der Waals surface area contributed by atoms with Crippen LogP contribution < -0.4 is 0 Å². The number of hydrogen-bond donors (Lipinski definition) is 1. The van der Waals surface area contributed by atoms with Gasteiger partial charge in [0.2, 0.25) is 0 Å². The maximum Gasteiger partial charge on any atom is 0.411 e. The molecule has 0 saturated heterocycles. The monoisotopic (exact) mass is 241 g/mol. The lowest BCUT2D eigenvalue weighted by Gasteiger charge is -2.34. The van der Waals surface area contributed by atoms with Crippen molar-refractivity contribution in [1.29, 1.82) is 0 Å². The van der Waals surface area contributed by atoms with Crippen molar-refractivity contribution in [1.82, 2.24) is 4.90 Å². The zero-order valence-corrected chi connectivity index (χ0v) is 10.7. The van der Waals surface area contributed by atoms with Gasteiger partial charge < -0.3 is 9.84 Å². The van der Waals surface area contributed by atoms with Crippen LogP contribution in [0.25, 0.3) is 0 Å². The van der Waals surface area contributed by atoms with Crippen molar-refractivity contribution in [2.75, 3.05) is 13.2 Å². The molecule has 1 aliphatic rings. The van der Waals surface area contributed by atoms with Crippen molar-refractivity contribution in [3.8, 4) is 0 Å². The number of carbonyl (C=O) groups is 2. The second-order valence-electron chi connectivity index (χ2n) is 5.16. The van der Waals surface area contributed by atoms with Crippen LogP contribution in [0.5, 0.6) is 0 Å². The molecule has 0 aromatic heterocycles. The fourth-order valence-electron chi connectivity index (χ4n) is 1.67. The number of amides is 1. The number of ketones is 1. The molecular weight excluding hydrogens is 222 g/mol. The van der Waals surface area contributed by atoms with Gasteiger partial charge in [-0.1, -0.05) is 0 Å². The summed E-state index contributed by atoms with van der Waals surface area (Å²) in [5.74, 6) is -0.155. The summed E-state index contributed by atoms with van der Waals surface area (Å²) in [7, 11) is 0. The molecule has 1 rings (SSSR count). The standard InChI is InChI=1S/C12H19NO4/c1-8-5-9(15)6-13(10(8)7-14)11(16)17-12(2,3)4/h5,10,14H,6-7H2,1-4H3/t10-/m1/s1. The first-order valence-corrected chi connectivity index (χ1v) is 5.56. The second kappa shape index (κ2) is 4.87. The predicted molar refractivity (Wildman–Crippen MR) is 62.6 cm³/mol. The van der Waals surface area contributed by atoms with E-state index in [0.717, 1.165) is 0 Å². The Kier molecular flexibility index (Phi) is 3.93. The van der Waals surface area contributed by atoms with Crippen molar-refractivity contribution in [2.24, 2.45) is 0 Å². The SMILES string of the molecule is CC1=CC(=O)CN(C(=O)OC(C)(C)C)[C@@H]1CO. The number of hydrogen-bond acceptors (Lipinski definition) is 4. The lowest BCUT2D eigenvalue weighted by atomic mass is 10.0. The molecule has 1 heterocycles. The molecule has 1 amide bonds. The average molecular weight is 241 g/mol. The lowest BCUT2D eigenvalue weighted by molar-refractivity contribution is -0.117. The third-order valence-electron chi connectivity index (χ3n) is 2.42. The van der Waals surface area contributed by atoms with E-state index in [1.54, 1.807) is 27.7 Å². The van der Waals surface area contributed by atoms with Crippen molar-refractivity contribution < 1.29 is 19.4 Å². The van der Waals surface area contributed by atoms with Crippen molar-refractivity contribution >= 4 is 11.9 Å². The van der Waals surface area contributed by atoms with Crippen LogP contribution in [-0.2, 0) is 9.53 Å². The molecule has 5 heteroatoms. The summed E-state index contributed by atoms with van der Waals surface area (Å²) < 4.78 is 5.20. The topological polar surface area (TPSA) is 66.8 Å². The minimum Gasteiger partial charge on any atom is -0.444 e. The highest BCUT2D eigenvalue weighted by Gasteiger charge is 2.33. The van der Waals surface area contributed by atoms with Gasteiger partial charge in [-0.3, -0.25) is 9.69 Å². The Morgan fingerprint density at radius 2 is 2.18 bits per heavy atom. The molecule has 1 aliphatic heterocycles. The van der Waals surface area contributed by atoms with Crippen LogP contribution in [0.4, 0.5) is 4.79 Å². The molecule has 0 bridgehead atoms. The van der Waals surface area contributed by atoms with E-state index in [1.165, 1.54) is 11.0 Å². The predicted octanol–water partition coefficient (Wildman–Crippen LogP) is 1.11. The van der Waals surface area contributed by atoms with Gasteiger partial charge in [-0.05, 0) is 39.3 Å². The highest BCUT2D eigenvalue weighted by atomic mass is 16.6. The van der Waals surface area contributed by atoms with Gasteiger partial charge in [0.05, 0.1) is 19.2 Å². The summed E-state index contributed by atoms with van der Waals surface area (Å²) in [6.45, 7) is 6.73. The number of ether oxygens (including phenoxy) is 1. The zero-order chi connectivity index (χ0) is 13.2. The van der Waals surface area contributed by atoms with Crippen LogP contribution >= 0.6 is 0 Å².